The standard InChI is InChI=1S/C22H24N4O2/c1-22(2,3)16-9-11-17(12-10-16)25-21-23-13-15(14-24-21)20(27)26-18-7-5-6-8-19(18)28-4/h5-14H,1-4H3,(H,26,27)(H,23,24,25). The van der Waals surface area contributed by atoms with Crippen molar-refractivity contribution < 1.29 is 9.53 Å². The highest BCUT2D eigenvalue weighted by Gasteiger charge is 2.13. The van der Waals surface area contributed by atoms with Gasteiger partial charge in [0.05, 0.1) is 18.4 Å². The number of hydrogen-bond acceptors (Lipinski definition) is 5. The fraction of sp³-hybridized carbons (Fsp3) is 0.227. The van der Waals surface area contributed by atoms with Crippen molar-refractivity contribution in [1.29, 1.82) is 0 Å². The number of carbonyl (C=O) groups is 1. The summed E-state index contributed by atoms with van der Waals surface area (Å²) in [7, 11) is 1.56. The van der Waals surface area contributed by atoms with Gasteiger partial charge in [0.25, 0.3) is 5.91 Å². The SMILES string of the molecule is COc1ccccc1NC(=O)c1cnc(Nc2ccc(C(C)(C)C)cc2)nc1. The van der Waals surface area contributed by atoms with Crippen molar-refractivity contribution in [2.24, 2.45) is 0 Å². The summed E-state index contributed by atoms with van der Waals surface area (Å²) in [6, 6.07) is 15.4. The smallest absolute Gasteiger partial charge is 0.258 e. The number of methoxy groups -OCH3 is 1. The molecule has 3 rings (SSSR count). The Labute approximate surface area is 165 Å². The second-order valence-electron chi connectivity index (χ2n) is 7.40. The van der Waals surface area contributed by atoms with E-state index >= 15 is 0 Å². The number of para-hydroxylation sites is 2. The van der Waals surface area contributed by atoms with Crippen molar-refractivity contribution >= 4 is 23.2 Å². The maximum absolute atomic E-state index is 12.4. The summed E-state index contributed by atoms with van der Waals surface area (Å²) in [5.74, 6) is 0.719. The molecule has 1 amide bonds. The molecular weight excluding hydrogens is 352 g/mol. The number of rotatable bonds is 5. The largest absolute Gasteiger partial charge is 0.495 e. The minimum absolute atomic E-state index is 0.103. The van der Waals surface area contributed by atoms with Crippen molar-refractivity contribution in [1.82, 2.24) is 9.97 Å². The molecule has 0 bridgehead atoms. The quantitative estimate of drug-likeness (QED) is 0.670. The molecule has 0 aliphatic rings. The van der Waals surface area contributed by atoms with E-state index in [4.69, 9.17) is 4.74 Å². The molecule has 6 heteroatoms. The van der Waals surface area contributed by atoms with Gasteiger partial charge in [0.2, 0.25) is 5.95 Å². The first-order valence-electron chi connectivity index (χ1n) is 9.01. The molecule has 0 aliphatic heterocycles. The van der Waals surface area contributed by atoms with E-state index in [0.717, 1.165) is 5.69 Å². The van der Waals surface area contributed by atoms with Gasteiger partial charge in [-0.3, -0.25) is 4.79 Å². The van der Waals surface area contributed by atoms with Crippen LogP contribution in [0.3, 0.4) is 0 Å². The molecule has 3 aromatic rings. The highest BCUT2D eigenvalue weighted by molar-refractivity contribution is 6.04. The van der Waals surface area contributed by atoms with Crippen LogP contribution in [0.4, 0.5) is 17.3 Å². The fourth-order valence-corrected chi connectivity index (χ4v) is 2.63. The van der Waals surface area contributed by atoms with Gasteiger partial charge in [0.15, 0.2) is 0 Å². The zero-order chi connectivity index (χ0) is 20.1. The van der Waals surface area contributed by atoms with Crippen LogP contribution in [0.5, 0.6) is 5.75 Å². The fourth-order valence-electron chi connectivity index (χ4n) is 2.63. The molecule has 0 atom stereocenters. The number of aromatic nitrogens is 2. The van der Waals surface area contributed by atoms with Gasteiger partial charge in [-0.2, -0.15) is 0 Å². The average molecular weight is 376 g/mol. The Morgan fingerprint density at radius 3 is 2.21 bits per heavy atom. The molecule has 2 aromatic carbocycles. The number of carbonyl (C=O) groups excluding carboxylic acids is 1. The van der Waals surface area contributed by atoms with E-state index < -0.39 is 0 Å². The van der Waals surface area contributed by atoms with Crippen molar-refractivity contribution in [3.05, 3.63) is 72.1 Å². The summed E-state index contributed by atoms with van der Waals surface area (Å²) in [5, 5.41) is 5.95. The van der Waals surface area contributed by atoms with E-state index in [2.05, 4.69) is 53.5 Å². The Morgan fingerprint density at radius 2 is 1.61 bits per heavy atom. The summed E-state index contributed by atoms with van der Waals surface area (Å²) >= 11 is 0. The van der Waals surface area contributed by atoms with Crippen LogP contribution in [0.15, 0.2) is 60.9 Å². The molecule has 0 saturated carbocycles. The van der Waals surface area contributed by atoms with Gasteiger partial charge in [-0.25, -0.2) is 9.97 Å². The summed E-state index contributed by atoms with van der Waals surface area (Å²) in [5.41, 5.74) is 3.20. The minimum Gasteiger partial charge on any atom is -0.495 e. The van der Waals surface area contributed by atoms with E-state index in [1.165, 1.54) is 18.0 Å². The van der Waals surface area contributed by atoms with Crippen molar-refractivity contribution in [2.75, 3.05) is 17.7 Å². The topological polar surface area (TPSA) is 76.1 Å². The van der Waals surface area contributed by atoms with E-state index in [1.54, 1.807) is 19.2 Å². The highest BCUT2D eigenvalue weighted by atomic mass is 16.5. The lowest BCUT2D eigenvalue weighted by molar-refractivity contribution is 0.102. The van der Waals surface area contributed by atoms with Crippen LogP contribution in [0.1, 0.15) is 36.7 Å². The molecular formula is C22H24N4O2. The van der Waals surface area contributed by atoms with Crippen molar-refractivity contribution in [3.8, 4) is 5.75 Å². The molecule has 28 heavy (non-hydrogen) atoms. The van der Waals surface area contributed by atoms with Gasteiger partial charge in [-0.05, 0) is 35.2 Å². The third kappa shape index (κ3) is 4.65. The monoisotopic (exact) mass is 376 g/mol. The number of nitrogens with zero attached hydrogens (tertiary/aromatic N) is 2. The number of ether oxygens (including phenoxy) is 1. The number of anilines is 3. The Kier molecular flexibility index (Phi) is 5.59. The Hall–Kier alpha value is -3.41. The average Bonchev–Trinajstić information content (AvgIpc) is 2.68. The van der Waals surface area contributed by atoms with Crippen LogP contribution in [0.25, 0.3) is 0 Å². The molecule has 1 aromatic heterocycles. The number of hydrogen-bond donors (Lipinski definition) is 2. The van der Waals surface area contributed by atoms with Crippen molar-refractivity contribution in [3.63, 3.8) is 0 Å². The molecule has 0 unspecified atom stereocenters. The zero-order valence-electron chi connectivity index (χ0n) is 16.5. The highest BCUT2D eigenvalue weighted by Crippen LogP contribution is 2.25. The predicted octanol–water partition coefficient (Wildman–Crippen LogP) is 4.78. The molecule has 0 saturated heterocycles. The van der Waals surface area contributed by atoms with Gasteiger partial charge < -0.3 is 15.4 Å². The Morgan fingerprint density at radius 1 is 0.964 bits per heavy atom. The Bertz CT molecular complexity index is 946. The van der Waals surface area contributed by atoms with E-state index in [-0.39, 0.29) is 11.3 Å². The molecule has 1 heterocycles. The third-order valence-electron chi connectivity index (χ3n) is 4.28. The van der Waals surface area contributed by atoms with E-state index in [9.17, 15) is 4.79 Å². The van der Waals surface area contributed by atoms with Crippen LogP contribution in [-0.2, 0) is 5.41 Å². The number of benzene rings is 2. The first-order valence-corrected chi connectivity index (χ1v) is 9.01. The Balaban J connectivity index is 1.67. The van der Waals surface area contributed by atoms with Gasteiger partial charge >= 0.3 is 0 Å². The minimum atomic E-state index is -0.300. The molecule has 0 fully saturated rings. The van der Waals surface area contributed by atoms with Crippen LogP contribution < -0.4 is 15.4 Å². The molecule has 0 radical (unpaired) electrons. The van der Waals surface area contributed by atoms with Crippen LogP contribution in [-0.4, -0.2) is 23.0 Å². The maximum atomic E-state index is 12.4. The van der Waals surface area contributed by atoms with Gasteiger partial charge in [0, 0.05) is 18.1 Å². The number of nitrogens with one attached hydrogen (secondary N) is 2. The lowest BCUT2D eigenvalue weighted by Gasteiger charge is -2.19. The maximum Gasteiger partial charge on any atom is 0.258 e. The normalized spacial score (nSPS) is 11.0. The lowest BCUT2D eigenvalue weighted by Crippen LogP contribution is -2.13. The molecule has 0 spiro atoms. The third-order valence-corrected chi connectivity index (χ3v) is 4.28. The molecule has 0 aliphatic carbocycles. The zero-order valence-corrected chi connectivity index (χ0v) is 16.5. The molecule has 6 nitrogen and oxygen atoms in total. The first-order chi connectivity index (χ1) is 13.4. The van der Waals surface area contributed by atoms with Crippen LogP contribution in [0.2, 0.25) is 0 Å². The molecule has 2 N–H and O–H groups in total. The van der Waals surface area contributed by atoms with Crippen LogP contribution in [0, 0.1) is 0 Å². The van der Waals surface area contributed by atoms with Crippen molar-refractivity contribution in [2.45, 2.75) is 26.2 Å². The lowest BCUT2D eigenvalue weighted by atomic mass is 9.87. The second-order valence-corrected chi connectivity index (χ2v) is 7.40. The van der Waals surface area contributed by atoms with Gasteiger partial charge in [-0.15, -0.1) is 0 Å². The van der Waals surface area contributed by atoms with E-state index in [0.29, 0.717) is 22.9 Å². The van der Waals surface area contributed by atoms with Crippen LogP contribution >= 0.6 is 0 Å². The summed E-state index contributed by atoms with van der Waals surface area (Å²) in [4.78, 5) is 20.9. The summed E-state index contributed by atoms with van der Waals surface area (Å²) in [6.07, 6.45) is 2.98. The summed E-state index contributed by atoms with van der Waals surface area (Å²) in [6.45, 7) is 6.52. The molecule has 144 valence electrons. The second kappa shape index (κ2) is 8.08. The number of amides is 1. The predicted molar refractivity (Wildman–Crippen MR) is 111 cm³/mol. The van der Waals surface area contributed by atoms with Gasteiger partial charge in [0.1, 0.15) is 5.75 Å². The van der Waals surface area contributed by atoms with E-state index in [1.807, 2.05) is 24.3 Å². The van der Waals surface area contributed by atoms with Gasteiger partial charge in [-0.1, -0.05) is 45.0 Å². The first kappa shape index (κ1) is 19.4. The summed E-state index contributed by atoms with van der Waals surface area (Å²) < 4.78 is 5.24.